The van der Waals surface area contributed by atoms with Gasteiger partial charge in [-0.1, -0.05) is 30.3 Å². The van der Waals surface area contributed by atoms with Gasteiger partial charge in [0.15, 0.2) is 0 Å². The van der Waals surface area contributed by atoms with Gasteiger partial charge in [0, 0.05) is 18.2 Å². The number of hydrogen-bond donors (Lipinski definition) is 1. The van der Waals surface area contributed by atoms with Gasteiger partial charge in [-0.25, -0.2) is 0 Å². The quantitative estimate of drug-likeness (QED) is 0.926. The van der Waals surface area contributed by atoms with Crippen LogP contribution in [0, 0.1) is 12.8 Å². The second-order valence-electron chi connectivity index (χ2n) is 6.81. The molecule has 0 bridgehead atoms. The predicted molar refractivity (Wildman–Crippen MR) is 89.0 cm³/mol. The molecule has 120 valence electrons. The van der Waals surface area contributed by atoms with Gasteiger partial charge in [-0.2, -0.15) is 5.10 Å². The molecule has 4 rings (SSSR count). The summed E-state index contributed by atoms with van der Waals surface area (Å²) < 4.78 is 0. The molecule has 1 N–H and O–H groups in total. The van der Waals surface area contributed by atoms with E-state index in [2.05, 4.69) is 46.3 Å². The summed E-state index contributed by atoms with van der Waals surface area (Å²) in [6.45, 7) is 2.95. The molecule has 1 aromatic heterocycles. The maximum absolute atomic E-state index is 13.1. The lowest BCUT2D eigenvalue weighted by atomic mass is 9.85. The highest BCUT2D eigenvalue weighted by Crippen LogP contribution is 2.35. The van der Waals surface area contributed by atoms with Crippen LogP contribution in [0.1, 0.15) is 47.8 Å². The Hall–Kier alpha value is -2.10. The lowest BCUT2D eigenvalue weighted by Gasteiger charge is -2.31. The smallest absolute Gasteiger partial charge is 0.226 e. The number of fused-ring (bicyclic) bond motifs is 1. The normalized spacial score (nSPS) is 23.8. The van der Waals surface area contributed by atoms with E-state index < -0.39 is 0 Å². The summed E-state index contributed by atoms with van der Waals surface area (Å²) in [5, 5.41) is 7.43. The van der Waals surface area contributed by atoms with Gasteiger partial charge in [0.1, 0.15) is 0 Å². The molecule has 2 atom stereocenters. The van der Waals surface area contributed by atoms with Crippen molar-refractivity contribution in [2.45, 2.75) is 45.1 Å². The zero-order valence-electron chi connectivity index (χ0n) is 13.6. The van der Waals surface area contributed by atoms with E-state index in [1.807, 2.05) is 6.07 Å². The van der Waals surface area contributed by atoms with Crippen LogP contribution in [0.25, 0.3) is 0 Å². The topological polar surface area (TPSA) is 49.0 Å². The number of aryl methyl sites for hydroxylation is 2. The highest BCUT2D eigenvalue weighted by Gasteiger charge is 2.36. The average molecular weight is 309 g/mol. The van der Waals surface area contributed by atoms with Crippen molar-refractivity contribution in [2.24, 2.45) is 5.92 Å². The molecule has 1 aliphatic carbocycles. The summed E-state index contributed by atoms with van der Waals surface area (Å²) in [6, 6.07) is 10.7. The molecule has 0 spiro atoms. The van der Waals surface area contributed by atoms with Gasteiger partial charge in [-0.15, -0.1) is 0 Å². The first-order valence-corrected chi connectivity index (χ1v) is 8.62. The molecule has 4 heteroatoms. The number of benzene rings is 1. The summed E-state index contributed by atoms with van der Waals surface area (Å²) in [6.07, 6.45) is 4.87. The maximum atomic E-state index is 13.1. The molecule has 2 heterocycles. The van der Waals surface area contributed by atoms with E-state index in [0.29, 0.717) is 5.91 Å². The Kier molecular flexibility index (Phi) is 3.68. The number of amides is 1. The van der Waals surface area contributed by atoms with E-state index in [1.54, 1.807) is 0 Å². The van der Waals surface area contributed by atoms with E-state index >= 15 is 0 Å². The van der Waals surface area contributed by atoms with Gasteiger partial charge in [-0.05, 0) is 50.2 Å². The van der Waals surface area contributed by atoms with Crippen molar-refractivity contribution in [3.63, 3.8) is 0 Å². The third-order valence-electron chi connectivity index (χ3n) is 5.41. The third kappa shape index (κ3) is 2.56. The standard InChI is InChI=1S/C19H23N3O/c1-13-16-12-15(9-10-17(16)21-20-13)19(23)22-11-5-8-18(22)14-6-3-2-4-7-14/h2-4,6-7,15,18H,5,8-12H2,1H3,(H,20,21). The first-order chi connectivity index (χ1) is 11.2. The number of aromatic nitrogens is 2. The highest BCUT2D eigenvalue weighted by molar-refractivity contribution is 5.80. The van der Waals surface area contributed by atoms with E-state index in [9.17, 15) is 4.79 Å². The van der Waals surface area contributed by atoms with Crippen molar-refractivity contribution >= 4 is 5.91 Å². The van der Waals surface area contributed by atoms with E-state index in [-0.39, 0.29) is 12.0 Å². The minimum atomic E-state index is 0.114. The zero-order chi connectivity index (χ0) is 15.8. The summed E-state index contributed by atoms with van der Waals surface area (Å²) in [5.74, 6) is 0.450. The van der Waals surface area contributed by atoms with Crippen LogP contribution < -0.4 is 0 Å². The van der Waals surface area contributed by atoms with Crippen molar-refractivity contribution in [2.75, 3.05) is 6.54 Å². The summed E-state index contributed by atoms with van der Waals surface area (Å²) in [5.41, 5.74) is 4.82. The van der Waals surface area contributed by atoms with Crippen LogP contribution >= 0.6 is 0 Å². The Labute approximate surface area is 136 Å². The van der Waals surface area contributed by atoms with E-state index in [1.165, 1.54) is 11.1 Å². The molecule has 0 radical (unpaired) electrons. The number of aromatic amines is 1. The van der Waals surface area contributed by atoms with Crippen molar-refractivity contribution in [3.05, 3.63) is 52.8 Å². The molecule has 1 saturated heterocycles. The third-order valence-corrected chi connectivity index (χ3v) is 5.41. The van der Waals surface area contributed by atoms with Crippen molar-refractivity contribution in [3.8, 4) is 0 Å². The average Bonchev–Trinajstić information content (AvgIpc) is 3.22. The minimum Gasteiger partial charge on any atom is -0.335 e. The Bertz CT molecular complexity index is 707. The molecule has 1 aromatic carbocycles. The lowest BCUT2D eigenvalue weighted by molar-refractivity contribution is -0.136. The molecule has 2 unspecified atom stereocenters. The number of carbonyl (C=O) groups excluding carboxylic acids is 1. The van der Waals surface area contributed by atoms with Crippen molar-refractivity contribution in [1.82, 2.24) is 15.1 Å². The Morgan fingerprint density at radius 3 is 2.91 bits per heavy atom. The fraction of sp³-hybridized carbons (Fsp3) is 0.474. The zero-order valence-corrected chi connectivity index (χ0v) is 13.6. The number of nitrogens with zero attached hydrogens (tertiary/aromatic N) is 2. The first kappa shape index (κ1) is 14.5. The largest absolute Gasteiger partial charge is 0.335 e. The number of carbonyl (C=O) groups is 1. The van der Waals surface area contributed by atoms with Crippen LogP contribution in [0.3, 0.4) is 0 Å². The van der Waals surface area contributed by atoms with Gasteiger partial charge in [0.05, 0.1) is 11.7 Å². The molecule has 1 amide bonds. The molecule has 2 aliphatic rings. The van der Waals surface area contributed by atoms with Crippen LogP contribution in [-0.2, 0) is 17.6 Å². The van der Waals surface area contributed by atoms with Crippen LogP contribution in [-0.4, -0.2) is 27.5 Å². The molecular weight excluding hydrogens is 286 g/mol. The van der Waals surface area contributed by atoms with Crippen LogP contribution in [0.4, 0.5) is 0 Å². The molecule has 4 nitrogen and oxygen atoms in total. The molecule has 0 saturated carbocycles. The summed E-state index contributed by atoms with van der Waals surface area (Å²) in [4.78, 5) is 15.2. The molecule has 23 heavy (non-hydrogen) atoms. The maximum Gasteiger partial charge on any atom is 0.226 e. The Morgan fingerprint density at radius 2 is 2.09 bits per heavy atom. The SMILES string of the molecule is Cc1[nH]nc2c1CC(C(=O)N1CCCC1c1ccccc1)CC2. The van der Waals surface area contributed by atoms with Gasteiger partial charge >= 0.3 is 0 Å². The summed E-state index contributed by atoms with van der Waals surface area (Å²) in [7, 11) is 0. The first-order valence-electron chi connectivity index (χ1n) is 8.62. The number of rotatable bonds is 2. The fourth-order valence-corrected chi connectivity index (χ4v) is 4.14. The fourth-order valence-electron chi connectivity index (χ4n) is 4.14. The van der Waals surface area contributed by atoms with Gasteiger partial charge in [0.2, 0.25) is 5.91 Å². The van der Waals surface area contributed by atoms with E-state index in [0.717, 1.165) is 50.0 Å². The summed E-state index contributed by atoms with van der Waals surface area (Å²) >= 11 is 0. The number of nitrogens with one attached hydrogen (secondary N) is 1. The predicted octanol–water partition coefficient (Wildman–Crippen LogP) is 3.19. The minimum absolute atomic E-state index is 0.114. The molecule has 1 aliphatic heterocycles. The molecule has 1 fully saturated rings. The van der Waals surface area contributed by atoms with Crippen LogP contribution in [0.15, 0.2) is 30.3 Å². The Balaban J connectivity index is 1.54. The van der Waals surface area contributed by atoms with Crippen molar-refractivity contribution < 1.29 is 4.79 Å². The monoisotopic (exact) mass is 309 g/mol. The number of likely N-dealkylation sites (tertiary alicyclic amines) is 1. The van der Waals surface area contributed by atoms with Crippen LogP contribution in [0.2, 0.25) is 0 Å². The number of H-pyrrole nitrogens is 1. The molecule has 2 aromatic rings. The highest BCUT2D eigenvalue weighted by atomic mass is 16.2. The second-order valence-corrected chi connectivity index (χ2v) is 6.81. The van der Waals surface area contributed by atoms with Gasteiger partial charge in [-0.3, -0.25) is 9.89 Å². The Morgan fingerprint density at radius 1 is 1.26 bits per heavy atom. The second kappa shape index (κ2) is 5.84. The van der Waals surface area contributed by atoms with Gasteiger partial charge < -0.3 is 4.90 Å². The van der Waals surface area contributed by atoms with Crippen LogP contribution in [0.5, 0.6) is 0 Å². The number of hydrogen-bond acceptors (Lipinski definition) is 2. The molecular formula is C19H23N3O. The van der Waals surface area contributed by atoms with E-state index in [4.69, 9.17) is 0 Å². The van der Waals surface area contributed by atoms with Gasteiger partial charge in [0.25, 0.3) is 0 Å². The lowest BCUT2D eigenvalue weighted by Crippen LogP contribution is -2.38. The van der Waals surface area contributed by atoms with Crippen molar-refractivity contribution in [1.29, 1.82) is 0 Å².